The normalized spacial score (nSPS) is 11.1. The van der Waals surface area contributed by atoms with Crippen LogP contribution in [0.15, 0.2) is 30.3 Å². The van der Waals surface area contributed by atoms with Crippen LogP contribution in [0.5, 0.6) is 0 Å². The van der Waals surface area contributed by atoms with Gasteiger partial charge in [-0.15, -0.1) is 0 Å². The highest BCUT2D eigenvalue weighted by Gasteiger charge is 2.14. The Bertz CT molecular complexity index is 866. The zero-order valence-electron chi connectivity index (χ0n) is 10.8. The number of nitrogens with zero attached hydrogens (tertiary/aromatic N) is 2. The van der Waals surface area contributed by atoms with Crippen LogP contribution in [0.1, 0.15) is 5.56 Å². The van der Waals surface area contributed by atoms with E-state index in [0.29, 0.717) is 10.6 Å². The second-order valence-electron chi connectivity index (χ2n) is 4.58. The van der Waals surface area contributed by atoms with Crippen LogP contribution in [0.25, 0.3) is 22.3 Å². The summed E-state index contributed by atoms with van der Waals surface area (Å²) in [5.41, 5.74) is 1.51. The lowest BCUT2D eigenvalue weighted by atomic mass is 10.1. The van der Waals surface area contributed by atoms with Crippen molar-refractivity contribution in [2.24, 2.45) is 0 Å². The molecule has 3 aromatic rings. The molecule has 21 heavy (non-hydrogen) atoms. The van der Waals surface area contributed by atoms with Crippen LogP contribution in [0.2, 0.25) is 10.2 Å². The first kappa shape index (κ1) is 14.2. The quantitative estimate of drug-likeness (QED) is 0.575. The van der Waals surface area contributed by atoms with Crippen molar-refractivity contribution in [3.05, 3.63) is 57.7 Å². The van der Waals surface area contributed by atoms with Crippen molar-refractivity contribution in [2.75, 3.05) is 0 Å². The van der Waals surface area contributed by atoms with Gasteiger partial charge in [0.15, 0.2) is 11.6 Å². The molecule has 6 heteroatoms. The summed E-state index contributed by atoms with van der Waals surface area (Å²) in [6, 6.07) is 7.05. The lowest BCUT2D eigenvalue weighted by molar-refractivity contribution is 0.590. The second kappa shape index (κ2) is 5.20. The van der Waals surface area contributed by atoms with E-state index >= 15 is 0 Å². The highest BCUT2D eigenvalue weighted by molar-refractivity contribution is 6.34. The molecule has 3 rings (SSSR count). The van der Waals surface area contributed by atoms with E-state index < -0.39 is 11.6 Å². The van der Waals surface area contributed by atoms with Gasteiger partial charge in [0.05, 0.1) is 0 Å². The Labute approximate surface area is 129 Å². The van der Waals surface area contributed by atoms with E-state index in [1.807, 2.05) is 6.92 Å². The standard InChI is InChI=1S/C15H8Cl2F2N2/c1-7-4-8(16)2-3-10(7)15-20-13-11(14(17)21-15)5-9(18)6-12(13)19/h2-6H,1H3. The van der Waals surface area contributed by atoms with E-state index in [-0.39, 0.29) is 21.9 Å². The molecule has 0 radical (unpaired) electrons. The molecule has 1 aromatic heterocycles. The number of benzene rings is 2. The largest absolute Gasteiger partial charge is 0.225 e. The summed E-state index contributed by atoms with van der Waals surface area (Å²) in [5, 5.41) is 0.726. The average molecular weight is 325 g/mol. The van der Waals surface area contributed by atoms with Gasteiger partial charge in [0.2, 0.25) is 0 Å². The molecule has 2 aromatic carbocycles. The minimum Gasteiger partial charge on any atom is -0.225 e. The third-order valence-corrected chi connectivity index (χ3v) is 3.62. The fourth-order valence-electron chi connectivity index (χ4n) is 2.12. The second-order valence-corrected chi connectivity index (χ2v) is 5.38. The van der Waals surface area contributed by atoms with Gasteiger partial charge in [-0.2, -0.15) is 0 Å². The maximum absolute atomic E-state index is 13.9. The molecule has 106 valence electrons. The third kappa shape index (κ3) is 2.57. The summed E-state index contributed by atoms with van der Waals surface area (Å²) < 4.78 is 27.1. The van der Waals surface area contributed by atoms with E-state index in [4.69, 9.17) is 23.2 Å². The van der Waals surface area contributed by atoms with Gasteiger partial charge in [-0.3, -0.25) is 0 Å². The first-order chi connectivity index (χ1) is 9.95. The third-order valence-electron chi connectivity index (χ3n) is 3.10. The summed E-state index contributed by atoms with van der Waals surface area (Å²) >= 11 is 11.9. The summed E-state index contributed by atoms with van der Waals surface area (Å²) in [4.78, 5) is 8.28. The van der Waals surface area contributed by atoms with Gasteiger partial charge < -0.3 is 0 Å². The molecule has 0 N–H and O–H groups in total. The van der Waals surface area contributed by atoms with Crippen LogP contribution in [0.3, 0.4) is 0 Å². The van der Waals surface area contributed by atoms with Crippen LogP contribution in [-0.2, 0) is 0 Å². The SMILES string of the molecule is Cc1cc(Cl)ccc1-c1nc(Cl)c2cc(F)cc(F)c2n1. The van der Waals surface area contributed by atoms with E-state index in [1.54, 1.807) is 18.2 Å². The summed E-state index contributed by atoms with van der Waals surface area (Å²) in [5.74, 6) is -1.23. The Morgan fingerprint density at radius 3 is 2.48 bits per heavy atom. The molecular formula is C15H8Cl2F2N2. The predicted molar refractivity (Wildman–Crippen MR) is 79.6 cm³/mol. The van der Waals surface area contributed by atoms with Gasteiger partial charge in [-0.1, -0.05) is 23.2 Å². The molecular weight excluding hydrogens is 317 g/mol. The average Bonchev–Trinajstić information content (AvgIpc) is 2.40. The number of aryl methyl sites for hydroxylation is 1. The zero-order valence-corrected chi connectivity index (χ0v) is 12.3. The Hall–Kier alpha value is -1.78. The molecule has 0 unspecified atom stereocenters. The van der Waals surface area contributed by atoms with Crippen molar-refractivity contribution in [3.63, 3.8) is 0 Å². The minimum atomic E-state index is -0.776. The molecule has 0 saturated heterocycles. The Morgan fingerprint density at radius 1 is 1.00 bits per heavy atom. The van der Waals surface area contributed by atoms with Crippen LogP contribution >= 0.6 is 23.2 Å². The molecule has 1 heterocycles. The zero-order chi connectivity index (χ0) is 15.1. The van der Waals surface area contributed by atoms with E-state index in [9.17, 15) is 8.78 Å². The topological polar surface area (TPSA) is 25.8 Å². The Morgan fingerprint density at radius 2 is 1.76 bits per heavy atom. The predicted octanol–water partition coefficient (Wildman–Crippen LogP) is 5.19. The fourth-order valence-corrected chi connectivity index (χ4v) is 2.57. The Kier molecular flexibility index (Phi) is 3.51. The van der Waals surface area contributed by atoms with Crippen molar-refractivity contribution in [3.8, 4) is 11.4 Å². The van der Waals surface area contributed by atoms with Gasteiger partial charge in [0.1, 0.15) is 16.5 Å². The maximum atomic E-state index is 13.9. The molecule has 0 amide bonds. The molecule has 0 saturated carbocycles. The van der Waals surface area contributed by atoms with Crippen LogP contribution in [0, 0.1) is 18.6 Å². The molecule has 2 nitrogen and oxygen atoms in total. The van der Waals surface area contributed by atoms with E-state index in [1.165, 1.54) is 0 Å². The first-order valence-electron chi connectivity index (χ1n) is 6.04. The van der Waals surface area contributed by atoms with Crippen molar-refractivity contribution in [1.29, 1.82) is 0 Å². The lowest BCUT2D eigenvalue weighted by Gasteiger charge is -2.08. The molecule has 0 fully saturated rings. The van der Waals surface area contributed by atoms with Gasteiger partial charge >= 0.3 is 0 Å². The fraction of sp³-hybridized carbons (Fsp3) is 0.0667. The first-order valence-corrected chi connectivity index (χ1v) is 6.80. The van der Waals surface area contributed by atoms with Crippen molar-refractivity contribution in [1.82, 2.24) is 9.97 Å². The summed E-state index contributed by atoms with van der Waals surface area (Å²) in [7, 11) is 0. The minimum absolute atomic E-state index is 0.00255. The van der Waals surface area contributed by atoms with Crippen molar-refractivity contribution < 1.29 is 8.78 Å². The van der Waals surface area contributed by atoms with E-state index in [0.717, 1.165) is 17.7 Å². The number of rotatable bonds is 1. The monoisotopic (exact) mass is 324 g/mol. The molecule has 0 aliphatic heterocycles. The molecule has 0 atom stereocenters. The van der Waals surface area contributed by atoms with Gasteiger partial charge in [-0.05, 0) is 36.8 Å². The van der Waals surface area contributed by atoms with Crippen LogP contribution in [0.4, 0.5) is 8.78 Å². The summed E-state index contributed by atoms with van der Waals surface area (Å²) in [6.45, 7) is 1.84. The van der Waals surface area contributed by atoms with Gasteiger partial charge in [-0.25, -0.2) is 18.7 Å². The molecule has 0 aliphatic carbocycles. The van der Waals surface area contributed by atoms with Crippen molar-refractivity contribution in [2.45, 2.75) is 6.92 Å². The maximum Gasteiger partial charge on any atom is 0.161 e. The molecule has 0 spiro atoms. The molecule has 0 bridgehead atoms. The van der Waals surface area contributed by atoms with Gasteiger partial charge in [0, 0.05) is 22.0 Å². The highest BCUT2D eigenvalue weighted by atomic mass is 35.5. The van der Waals surface area contributed by atoms with Crippen LogP contribution in [-0.4, -0.2) is 9.97 Å². The smallest absolute Gasteiger partial charge is 0.161 e. The Balaban J connectivity index is 2.30. The highest BCUT2D eigenvalue weighted by Crippen LogP contribution is 2.29. The number of aromatic nitrogens is 2. The number of hydrogen-bond donors (Lipinski definition) is 0. The molecule has 0 aliphatic rings. The lowest BCUT2D eigenvalue weighted by Crippen LogP contribution is -1.96. The van der Waals surface area contributed by atoms with Gasteiger partial charge in [0.25, 0.3) is 0 Å². The van der Waals surface area contributed by atoms with Crippen LogP contribution < -0.4 is 0 Å². The number of hydrogen-bond acceptors (Lipinski definition) is 2. The number of halogens is 4. The number of fused-ring (bicyclic) bond motifs is 1. The van der Waals surface area contributed by atoms with Crippen molar-refractivity contribution >= 4 is 34.1 Å². The summed E-state index contributed by atoms with van der Waals surface area (Å²) in [6.07, 6.45) is 0. The van der Waals surface area contributed by atoms with E-state index in [2.05, 4.69) is 9.97 Å².